The van der Waals surface area contributed by atoms with E-state index in [0.717, 1.165) is 18.6 Å². The van der Waals surface area contributed by atoms with Crippen molar-refractivity contribution in [2.75, 3.05) is 19.7 Å². The Balaban J connectivity index is 1.67. The van der Waals surface area contributed by atoms with Crippen molar-refractivity contribution in [1.29, 1.82) is 0 Å². The van der Waals surface area contributed by atoms with E-state index in [0.29, 0.717) is 41.0 Å². The van der Waals surface area contributed by atoms with Crippen LogP contribution >= 0.6 is 11.6 Å². The Bertz CT molecular complexity index is 814. The van der Waals surface area contributed by atoms with Crippen LogP contribution in [0.2, 0.25) is 5.02 Å². The smallest absolute Gasteiger partial charge is 0.246 e. The zero-order valence-corrected chi connectivity index (χ0v) is 15.9. The number of benzene rings is 1. The number of nitrogens with one attached hydrogen (secondary N) is 1. The van der Waals surface area contributed by atoms with Gasteiger partial charge in [0.1, 0.15) is 10.6 Å². The van der Waals surface area contributed by atoms with Crippen molar-refractivity contribution in [2.45, 2.75) is 31.6 Å². The molecule has 3 rings (SSSR count). The molecule has 25 heavy (non-hydrogen) atoms. The monoisotopic (exact) mass is 383 g/mol. The number of rotatable bonds is 5. The molecule has 1 saturated heterocycles. The fourth-order valence-corrected chi connectivity index (χ4v) is 5.19. The van der Waals surface area contributed by atoms with Gasteiger partial charge >= 0.3 is 0 Å². The van der Waals surface area contributed by atoms with Crippen LogP contribution in [0.1, 0.15) is 24.2 Å². The average molecular weight is 384 g/mol. The first kappa shape index (κ1) is 18.2. The number of aromatic nitrogens is 2. The summed E-state index contributed by atoms with van der Waals surface area (Å²) in [4.78, 5) is 0.298. The third-order valence-electron chi connectivity index (χ3n) is 4.44. The van der Waals surface area contributed by atoms with E-state index in [-0.39, 0.29) is 5.92 Å². The molecule has 2 heterocycles. The molecular formula is C17H22ClN3O3S. The fourth-order valence-electron chi connectivity index (χ4n) is 3.18. The minimum absolute atomic E-state index is 0.159. The van der Waals surface area contributed by atoms with Gasteiger partial charge in [0.15, 0.2) is 0 Å². The molecule has 1 unspecified atom stereocenters. The second-order valence-corrected chi connectivity index (χ2v) is 8.71. The van der Waals surface area contributed by atoms with Gasteiger partial charge < -0.3 is 4.74 Å². The maximum Gasteiger partial charge on any atom is 0.246 e. The van der Waals surface area contributed by atoms with Crippen LogP contribution in [-0.2, 0) is 10.0 Å². The number of hydrogen-bond donors (Lipinski definition) is 1. The highest BCUT2D eigenvalue weighted by atomic mass is 35.5. The lowest BCUT2D eigenvalue weighted by Crippen LogP contribution is -2.41. The van der Waals surface area contributed by atoms with Crippen LogP contribution in [0.4, 0.5) is 0 Å². The number of aromatic amines is 1. The van der Waals surface area contributed by atoms with E-state index in [1.54, 1.807) is 30.3 Å². The Morgan fingerprint density at radius 2 is 2.04 bits per heavy atom. The molecule has 6 nitrogen and oxygen atoms in total. The molecule has 1 aliphatic heterocycles. The highest BCUT2D eigenvalue weighted by molar-refractivity contribution is 7.89. The normalized spacial score (nSPS) is 19.1. The summed E-state index contributed by atoms with van der Waals surface area (Å²) in [6, 6.07) is 7.19. The van der Waals surface area contributed by atoms with Crippen molar-refractivity contribution in [3.05, 3.63) is 40.7 Å². The van der Waals surface area contributed by atoms with Crippen LogP contribution in [0.15, 0.2) is 29.2 Å². The van der Waals surface area contributed by atoms with E-state index in [4.69, 9.17) is 16.3 Å². The van der Waals surface area contributed by atoms with Gasteiger partial charge in [0.2, 0.25) is 10.0 Å². The molecule has 1 aliphatic rings. The Morgan fingerprint density at radius 1 is 1.32 bits per heavy atom. The molecule has 0 radical (unpaired) electrons. The van der Waals surface area contributed by atoms with Gasteiger partial charge in [0.25, 0.3) is 0 Å². The largest absolute Gasteiger partial charge is 0.493 e. The van der Waals surface area contributed by atoms with Crippen LogP contribution < -0.4 is 4.74 Å². The Morgan fingerprint density at radius 3 is 2.68 bits per heavy atom. The zero-order valence-electron chi connectivity index (χ0n) is 14.3. The summed E-state index contributed by atoms with van der Waals surface area (Å²) >= 11 is 5.87. The van der Waals surface area contributed by atoms with Gasteiger partial charge in [-0.1, -0.05) is 11.6 Å². The highest BCUT2D eigenvalue weighted by Gasteiger charge is 2.33. The summed E-state index contributed by atoms with van der Waals surface area (Å²) in [6.07, 6.45) is 1.77. The van der Waals surface area contributed by atoms with Crippen molar-refractivity contribution >= 4 is 21.6 Å². The van der Waals surface area contributed by atoms with Crippen molar-refractivity contribution in [3.63, 3.8) is 0 Å². The third-order valence-corrected chi connectivity index (χ3v) is 6.82. The van der Waals surface area contributed by atoms with Crippen LogP contribution in [0.5, 0.6) is 5.75 Å². The van der Waals surface area contributed by atoms with Crippen LogP contribution in [0.25, 0.3) is 0 Å². The molecule has 0 saturated carbocycles. The summed E-state index contributed by atoms with van der Waals surface area (Å²) in [5.74, 6) is 0.901. The van der Waals surface area contributed by atoms with Gasteiger partial charge in [-0.25, -0.2) is 8.42 Å². The molecule has 0 bridgehead atoms. The number of nitrogens with zero attached hydrogens (tertiary/aromatic N) is 2. The quantitative estimate of drug-likeness (QED) is 0.860. The standard InChI is InChI=1S/C17H22ClN3O3S/c1-12-17(13(2)20-19-12)25(22,23)21-9-3-4-14(10-21)11-24-16-7-5-15(18)6-8-16/h5-8,14H,3-4,9-11H2,1-2H3,(H,19,20). The Kier molecular flexibility index (Phi) is 5.36. The molecule has 1 atom stereocenters. The van der Waals surface area contributed by atoms with Gasteiger partial charge in [-0.15, -0.1) is 0 Å². The molecule has 2 aromatic rings. The fraction of sp³-hybridized carbons (Fsp3) is 0.471. The zero-order chi connectivity index (χ0) is 18.0. The van der Waals surface area contributed by atoms with Gasteiger partial charge in [-0.3, -0.25) is 5.10 Å². The molecule has 0 spiro atoms. The number of sulfonamides is 1. The first-order chi connectivity index (χ1) is 11.9. The minimum atomic E-state index is -3.53. The van der Waals surface area contributed by atoms with E-state index in [9.17, 15) is 8.42 Å². The first-order valence-electron chi connectivity index (χ1n) is 8.28. The molecule has 1 aromatic heterocycles. The van der Waals surface area contributed by atoms with E-state index in [2.05, 4.69) is 10.2 Å². The summed E-state index contributed by atoms with van der Waals surface area (Å²) in [5, 5.41) is 7.43. The molecular weight excluding hydrogens is 362 g/mol. The summed E-state index contributed by atoms with van der Waals surface area (Å²) in [5.41, 5.74) is 1.09. The first-order valence-corrected chi connectivity index (χ1v) is 10.1. The van der Waals surface area contributed by atoms with Gasteiger partial charge in [-0.2, -0.15) is 9.40 Å². The van der Waals surface area contributed by atoms with Crippen molar-refractivity contribution in [1.82, 2.24) is 14.5 Å². The number of ether oxygens (including phenoxy) is 1. The average Bonchev–Trinajstić information content (AvgIpc) is 2.94. The molecule has 1 N–H and O–H groups in total. The maximum absolute atomic E-state index is 13.0. The van der Waals surface area contributed by atoms with E-state index in [1.807, 2.05) is 12.1 Å². The number of piperidine rings is 1. The van der Waals surface area contributed by atoms with Crippen molar-refractivity contribution in [2.24, 2.45) is 5.92 Å². The van der Waals surface area contributed by atoms with Crippen LogP contribution in [0, 0.1) is 19.8 Å². The predicted octanol–water partition coefficient (Wildman–Crippen LogP) is 3.16. The maximum atomic E-state index is 13.0. The Labute approximate surface area is 153 Å². The van der Waals surface area contributed by atoms with Crippen molar-refractivity contribution < 1.29 is 13.2 Å². The Hall–Kier alpha value is -1.57. The van der Waals surface area contributed by atoms with E-state index in [1.165, 1.54) is 0 Å². The molecule has 8 heteroatoms. The number of halogens is 1. The van der Waals surface area contributed by atoms with Gasteiger partial charge in [-0.05, 0) is 51.0 Å². The molecule has 1 aromatic carbocycles. The topological polar surface area (TPSA) is 75.3 Å². The lowest BCUT2D eigenvalue weighted by molar-refractivity contribution is 0.180. The lowest BCUT2D eigenvalue weighted by Gasteiger charge is -2.31. The second kappa shape index (κ2) is 7.35. The molecule has 0 aliphatic carbocycles. The number of H-pyrrole nitrogens is 1. The number of hydrogen-bond acceptors (Lipinski definition) is 4. The van der Waals surface area contributed by atoms with Crippen molar-refractivity contribution in [3.8, 4) is 5.75 Å². The van der Waals surface area contributed by atoms with E-state index >= 15 is 0 Å². The molecule has 136 valence electrons. The van der Waals surface area contributed by atoms with Gasteiger partial charge in [0.05, 0.1) is 18.0 Å². The van der Waals surface area contributed by atoms with Crippen LogP contribution in [0.3, 0.4) is 0 Å². The van der Waals surface area contributed by atoms with Crippen LogP contribution in [-0.4, -0.2) is 42.6 Å². The van der Waals surface area contributed by atoms with E-state index < -0.39 is 10.0 Å². The molecule has 1 fully saturated rings. The van der Waals surface area contributed by atoms with Gasteiger partial charge in [0, 0.05) is 24.0 Å². The molecule has 0 amide bonds. The summed E-state index contributed by atoms with van der Waals surface area (Å²) in [7, 11) is -3.53. The summed E-state index contributed by atoms with van der Waals surface area (Å²) < 4.78 is 33.3. The predicted molar refractivity (Wildman–Crippen MR) is 96.5 cm³/mol. The number of aryl methyl sites for hydroxylation is 2. The second-order valence-electron chi connectivity index (χ2n) is 6.40. The lowest BCUT2D eigenvalue weighted by atomic mass is 10.0. The summed E-state index contributed by atoms with van der Waals surface area (Å²) in [6.45, 7) is 4.92. The highest BCUT2D eigenvalue weighted by Crippen LogP contribution is 2.27. The SMILES string of the molecule is Cc1n[nH]c(C)c1S(=O)(=O)N1CCCC(COc2ccc(Cl)cc2)C1. The minimum Gasteiger partial charge on any atom is -0.493 e. The third kappa shape index (κ3) is 3.99.